The highest BCUT2D eigenvalue weighted by Crippen LogP contribution is 2.50. The van der Waals surface area contributed by atoms with E-state index >= 15 is 4.39 Å². The molecule has 2 heterocycles. The van der Waals surface area contributed by atoms with Crippen LogP contribution in [-0.2, 0) is 16.0 Å². The number of ketones is 1. The summed E-state index contributed by atoms with van der Waals surface area (Å²) in [5, 5.41) is 8.22. The van der Waals surface area contributed by atoms with Gasteiger partial charge in [0.15, 0.2) is 17.3 Å². The summed E-state index contributed by atoms with van der Waals surface area (Å²) < 4.78 is 29.3. The van der Waals surface area contributed by atoms with Gasteiger partial charge in [-0.3, -0.25) is 14.5 Å². The largest absolute Gasteiger partial charge is 0.454 e. The number of carbonyl (C=O) groups is 2. The van der Waals surface area contributed by atoms with Crippen molar-refractivity contribution < 1.29 is 23.5 Å². The molecule has 1 aliphatic carbocycles. The summed E-state index contributed by atoms with van der Waals surface area (Å²) in [6.45, 7) is 9.87. The van der Waals surface area contributed by atoms with E-state index in [1.807, 2.05) is 31.3 Å². The zero-order chi connectivity index (χ0) is 32.9. The first-order chi connectivity index (χ1) is 22.8. The Hall–Kier alpha value is -3.48. The number of nitrogens with zero attached hydrogens (tertiary/aromatic N) is 2. The molecular formula is C37H42FIN4O4. The molecule has 8 nitrogen and oxygen atoms in total. The van der Waals surface area contributed by atoms with Crippen LogP contribution in [-0.4, -0.2) is 81.0 Å². The number of hydrogen-bond donors (Lipinski definition) is 2. The number of rotatable bonds is 12. The first-order valence-electron chi connectivity index (χ1n) is 16.5. The van der Waals surface area contributed by atoms with Crippen LogP contribution in [0.5, 0.6) is 11.5 Å². The number of fused-ring (bicyclic) bond motifs is 3. The van der Waals surface area contributed by atoms with E-state index in [2.05, 4.69) is 61.7 Å². The molecule has 1 fully saturated rings. The van der Waals surface area contributed by atoms with Gasteiger partial charge in [0.2, 0.25) is 0 Å². The number of unbranched alkanes of at least 4 members (excludes halogenated alkanes) is 1. The van der Waals surface area contributed by atoms with Crippen LogP contribution in [0.4, 0.5) is 10.1 Å². The van der Waals surface area contributed by atoms with Crippen LogP contribution in [0.25, 0.3) is 10.8 Å². The van der Waals surface area contributed by atoms with Crippen molar-refractivity contribution in [3.05, 3.63) is 86.9 Å². The number of anilines is 1. The van der Waals surface area contributed by atoms with Gasteiger partial charge in [0.1, 0.15) is 11.4 Å². The van der Waals surface area contributed by atoms with E-state index in [1.54, 1.807) is 6.08 Å². The van der Waals surface area contributed by atoms with Gasteiger partial charge in [-0.05, 0) is 84.2 Å². The van der Waals surface area contributed by atoms with Crippen molar-refractivity contribution in [1.82, 2.24) is 15.1 Å². The number of hydrogen-bond acceptors (Lipinski definition) is 7. The Morgan fingerprint density at radius 2 is 1.91 bits per heavy atom. The summed E-state index contributed by atoms with van der Waals surface area (Å²) in [7, 11) is 1.98. The lowest BCUT2D eigenvalue weighted by Crippen LogP contribution is -2.37. The Morgan fingerprint density at radius 1 is 1.11 bits per heavy atom. The Bertz CT molecular complexity index is 1700. The van der Waals surface area contributed by atoms with Crippen molar-refractivity contribution >= 4 is 50.7 Å². The van der Waals surface area contributed by atoms with Crippen LogP contribution in [0, 0.1) is 5.82 Å². The molecule has 6 rings (SSSR count). The molecule has 3 aliphatic rings. The van der Waals surface area contributed by atoms with Crippen LogP contribution in [0.3, 0.4) is 0 Å². The van der Waals surface area contributed by atoms with Crippen molar-refractivity contribution in [2.24, 2.45) is 0 Å². The van der Waals surface area contributed by atoms with E-state index in [9.17, 15) is 9.59 Å². The van der Waals surface area contributed by atoms with E-state index in [0.717, 1.165) is 78.7 Å². The fourth-order valence-electron chi connectivity index (χ4n) is 6.67. The lowest BCUT2D eigenvalue weighted by Gasteiger charge is -2.26. The van der Waals surface area contributed by atoms with Crippen LogP contribution < -0.4 is 15.4 Å². The fraction of sp³-hybridized carbons (Fsp3) is 0.405. The SMILES string of the molecule is C=C(I)N(C)CCCCNC(=O)C1=CCC2Cc3ccc4ccccc4c3Oc3c(NCCCN4CCOCC4)c(F)cc(c32)C1=O. The van der Waals surface area contributed by atoms with Gasteiger partial charge >= 0.3 is 0 Å². The molecule has 0 radical (unpaired) electrons. The number of benzene rings is 3. The predicted octanol–water partition coefficient (Wildman–Crippen LogP) is 6.79. The second kappa shape index (κ2) is 15.2. The molecule has 1 saturated heterocycles. The van der Waals surface area contributed by atoms with E-state index in [4.69, 9.17) is 9.47 Å². The van der Waals surface area contributed by atoms with Crippen molar-refractivity contribution in [3.8, 4) is 11.5 Å². The highest BCUT2D eigenvalue weighted by molar-refractivity contribution is 14.1. The van der Waals surface area contributed by atoms with E-state index in [0.29, 0.717) is 43.0 Å². The number of nitrogens with one attached hydrogen (secondary N) is 2. The number of Topliss-reactive ketones (excluding diaryl/α,β-unsaturated/α-hetero) is 1. The number of morpholine rings is 1. The molecule has 2 N–H and O–H groups in total. The number of amides is 1. The van der Waals surface area contributed by atoms with Crippen molar-refractivity contribution in [2.45, 2.75) is 38.0 Å². The van der Waals surface area contributed by atoms with Crippen molar-refractivity contribution in [1.29, 1.82) is 0 Å². The van der Waals surface area contributed by atoms with Crippen LogP contribution in [0.2, 0.25) is 0 Å². The Labute approximate surface area is 289 Å². The topological polar surface area (TPSA) is 83.1 Å². The highest BCUT2D eigenvalue weighted by atomic mass is 127. The maximum atomic E-state index is 16.2. The summed E-state index contributed by atoms with van der Waals surface area (Å²) in [5.41, 5.74) is 2.16. The Morgan fingerprint density at radius 3 is 2.72 bits per heavy atom. The molecule has 0 saturated carbocycles. The number of carbonyl (C=O) groups excluding carboxylic acids is 2. The predicted molar refractivity (Wildman–Crippen MR) is 192 cm³/mol. The van der Waals surface area contributed by atoms with E-state index in [1.165, 1.54) is 6.07 Å². The monoisotopic (exact) mass is 752 g/mol. The molecule has 10 heteroatoms. The minimum absolute atomic E-state index is 0.0578. The van der Waals surface area contributed by atoms with Crippen molar-refractivity contribution in [3.63, 3.8) is 0 Å². The molecule has 0 spiro atoms. The highest BCUT2D eigenvalue weighted by Gasteiger charge is 2.36. The molecule has 1 amide bonds. The van der Waals surface area contributed by atoms with Gasteiger partial charge in [-0.25, -0.2) is 4.39 Å². The van der Waals surface area contributed by atoms with Crippen LogP contribution in [0.1, 0.15) is 53.1 Å². The first kappa shape index (κ1) is 33.4. The molecule has 2 aliphatic heterocycles. The lowest BCUT2D eigenvalue weighted by atomic mass is 9.86. The quantitative estimate of drug-likeness (QED) is 0.0913. The fourth-order valence-corrected chi connectivity index (χ4v) is 6.91. The maximum Gasteiger partial charge on any atom is 0.254 e. The summed E-state index contributed by atoms with van der Waals surface area (Å²) in [5.74, 6) is -0.613. The molecule has 0 aromatic heterocycles. The minimum atomic E-state index is -0.566. The molecular weight excluding hydrogens is 710 g/mol. The van der Waals surface area contributed by atoms with Gasteiger partial charge in [0.25, 0.3) is 5.91 Å². The first-order valence-corrected chi connectivity index (χ1v) is 17.6. The third-order valence-electron chi connectivity index (χ3n) is 9.33. The summed E-state index contributed by atoms with van der Waals surface area (Å²) in [4.78, 5) is 31.8. The average molecular weight is 753 g/mol. The van der Waals surface area contributed by atoms with Crippen molar-refractivity contribution in [2.75, 3.05) is 64.8 Å². The van der Waals surface area contributed by atoms with Gasteiger partial charge in [0, 0.05) is 56.3 Å². The standard InChI is InChI=1S/C37H42FIN4O4/c1-24(39)42(2)16-6-5-14-41-37(45)29-13-12-26-22-27-11-10-25-8-3-4-9-28(25)35(27)47-36-32(26)30(34(29)44)23-31(38)33(36)40-15-7-17-43-18-20-46-21-19-43/h3-4,8-11,13,23,26,40H,1,5-7,12,14-22H2,2H3,(H,41,45). The minimum Gasteiger partial charge on any atom is -0.454 e. The van der Waals surface area contributed by atoms with Gasteiger partial charge in [-0.1, -0.05) is 49.1 Å². The van der Waals surface area contributed by atoms with Crippen LogP contribution >= 0.6 is 22.6 Å². The molecule has 3 aromatic carbocycles. The lowest BCUT2D eigenvalue weighted by molar-refractivity contribution is -0.117. The second-order valence-corrected chi connectivity index (χ2v) is 13.7. The average Bonchev–Trinajstić information content (AvgIpc) is 3.32. The molecule has 0 bridgehead atoms. The van der Waals surface area contributed by atoms with Gasteiger partial charge in [-0.2, -0.15) is 0 Å². The Kier molecular flexibility index (Phi) is 10.8. The van der Waals surface area contributed by atoms with E-state index in [-0.39, 0.29) is 22.7 Å². The summed E-state index contributed by atoms with van der Waals surface area (Å²) in [6.07, 6.45) is 5.23. The summed E-state index contributed by atoms with van der Waals surface area (Å²) in [6, 6.07) is 13.4. The molecule has 3 aromatic rings. The molecule has 248 valence electrons. The zero-order valence-electron chi connectivity index (χ0n) is 26.9. The molecule has 1 atom stereocenters. The summed E-state index contributed by atoms with van der Waals surface area (Å²) >= 11 is 2.19. The smallest absolute Gasteiger partial charge is 0.254 e. The maximum absolute atomic E-state index is 16.2. The number of allylic oxidation sites excluding steroid dienone is 1. The van der Waals surface area contributed by atoms with Gasteiger partial charge in [0.05, 0.1) is 22.5 Å². The van der Waals surface area contributed by atoms with Crippen LogP contribution in [0.15, 0.2) is 64.4 Å². The van der Waals surface area contributed by atoms with E-state index < -0.39 is 17.5 Å². The molecule has 47 heavy (non-hydrogen) atoms. The number of ether oxygens (including phenoxy) is 2. The normalized spacial score (nSPS) is 17.5. The third kappa shape index (κ3) is 7.49. The third-order valence-corrected chi connectivity index (χ3v) is 10.2. The number of halogens is 2. The van der Waals surface area contributed by atoms with Gasteiger partial charge < -0.3 is 25.0 Å². The zero-order valence-corrected chi connectivity index (χ0v) is 29.0. The second-order valence-electron chi connectivity index (χ2n) is 12.5. The Balaban J connectivity index is 1.28. The molecule has 1 unspecified atom stereocenters. The van der Waals surface area contributed by atoms with Gasteiger partial charge in [-0.15, -0.1) is 0 Å².